The normalized spacial score (nSPS) is 9.71. The van der Waals surface area contributed by atoms with Gasteiger partial charge in [0, 0.05) is 18.6 Å². The van der Waals surface area contributed by atoms with Gasteiger partial charge in [0.15, 0.2) is 0 Å². The summed E-state index contributed by atoms with van der Waals surface area (Å²) in [6.07, 6.45) is 5.06. The van der Waals surface area contributed by atoms with Crippen LogP contribution < -0.4 is 0 Å². The molecule has 0 atom stereocenters. The summed E-state index contributed by atoms with van der Waals surface area (Å²) >= 11 is 0. The highest BCUT2D eigenvalue weighted by molar-refractivity contribution is 5.30. The topological polar surface area (TPSA) is 54.5 Å². The van der Waals surface area contributed by atoms with Crippen molar-refractivity contribution in [2.45, 2.75) is 6.92 Å². The lowest BCUT2D eigenvalue weighted by Gasteiger charge is -2.01. The molecule has 2 rings (SSSR count). The van der Waals surface area contributed by atoms with E-state index in [1.807, 2.05) is 25.1 Å². The number of aromatic nitrogens is 3. The first-order chi connectivity index (χ1) is 6.81. The third-order valence-electron chi connectivity index (χ3n) is 1.88. The Balaban J connectivity index is 2.50. The van der Waals surface area contributed by atoms with E-state index in [1.165, 1.54) is 0 Å². The Hall–Kier alpha value is -2.15. The Morgan fingerprint density at radius 3 is 2.86 bits per heavy atom. The van der Waals surface area contributed by atoms with Gasteiger partial charge in [-0.2, -0.15) is 5.26 Å². The summed E-state index contributed by atoms with van der Waals surface area (Å²) in [7, 11) is 0. The second-order valence-electron chi connectivity index (χ2n) is 2.93. The maximum absolute atomic E-state index is 8.76. The third-order valence-corrected chi connectivity index (χ3v) is 1.88. The van der Waals surface area contributed by atoms with Crippen molar-refractivity contribution in [3.05, 3.63) is 42.1 Å². The van der Waals surface area contributed by atoms with Crippen molar-refractivity contribution >= 4 is 0 Å². The van der Waals surface area contributed by atoms with Gasteiger partial charge in [0.25, 0.3) is 0 Å². The van der Waals surface area contributed by atoms with Crippen LogP contribution in [0.5, 0.6) is 0 Å². The quantitative estimate of drug-likeness (QED) is 0.674. The molecule has 0 saturated carbocycles. The van der Waals surface area contributed by atoms with Crippen LogP contribution in [0.15, 0.2) is 30.7 Å². The van der Waals surface area contributed by atoms with E-state index in [0.717, 1.165) is 5.56 Å². The summed E-state index contributed by atoms with van der Waals surface area (Å²) in [4.78, 5) is 8.10. The molecule has 2 aromatic heterocycles. The maximum Gasteiger partial charge on any atom is 0.218 e. The van der Waals surface area contributed by atoms with Crippen molar-refractivity contribution in [3.63, 3.8) is 0 Å². The standard InChI is InChI=1S/C10H8N4/c1-8-2-3-9(13-7-8)14-5-4-12-10(14)6-11/h2-5,7H,1H3. The first-order valence-electron chi connectivity index (χ1n) is 4.18. The Bertz CT molecular complexity index is 476. The smallest absolute Gasteiger partial charge is 0.218 e. The molecule has 0 aliphatic rings. The molecule has 0 amide bonds. The molecule has 14 heavy (non-hydrogen) atoms. The largest absolute Gasteiger partial charge is 0.275 e. The number of hydrogen-bond donors (Lipinski definition) is 0. The molecule has 2 heterocycles. The maximum atomic E-state index is 8.76. The second kappa shape index (κ2) is 3.30. The van der Waals surface area contributed by atoms with Crippen LogP contribution in [0.3, 0.4) is 0 Å². The molecule has 0 bridgehead atoms. The predicted molar refractivity (Wildman–Crippen MR) is 50.8 cm³/mol. The third kappa shape index (κ3) is 1.36. The highest BCUT2D eigenvalue weighted by Gasteiger charge is 2.03. The zero-order valence-electron chi connectivity index (χ0n) is 7.68. The minimum atomic E-state index is 0.348. The fraction of sp³-hybridized carbons (Fsp3) is 0.100. The Morgan fingerprint density at radius 2 is 2.21 bits per heavy atom. The highest BCUT2D eigenvalue weighted by atomic mass is 15.1. The number of nitrogens with zero attached hydrogens (tertiary/aromatic N) is 4. The first kappa shape index (κ1) is 8.45. The zero-order chi connectivity index (χ0) is 9.97. The molecule has 2 aromatic rings. The average molecular weight is 184 g/mol. The SMILES string of the molecule is Cc1ccc(-n2ccnc2C#N)nc1. The summed E-state index contributed by atoms with van der Waals surface area (Å²) in [6, 6.07) is 5.81. The number of aryl methyl sites for hydroxylation is 1. The molecule has 0 radical (unpaired) electrons. The fourth-order valence-corrected chi connectivity index (χ4v) is 1.17. The minimum Gasteiger partial charge on any atom is -0.275 e. The van der Waals surface area contributed by atoms with Crippen molar-refractivity contribution in [1.29, 1.82) is 5.26 Å². The predicted octanol–water partition coefficient (Wildman–Crippen LogP) is 1.45. The molecule has 0 unspecified atom stereocenters. The van der Waals surface area contributed by atoms with Gasteiger partial charge in [-0.05, 0) is 18.6 Å². The summed E-state index contributed by atoms with van der Waals surface area (Å²) in [5.41, 5.74) is 1.09. The molecule has 0 saturated heterocycles. The number of nitriles is 1. The van der Waals surface area contributed by atoms with Crippen molar-refractivity contribution in [3.8, 4) is 11.9 Å². The van der Waals surface area contributed by atoms with E-state index in [2.05, 4.69) is 9.97 Å². The minimum absolute atomic E-state index is 0.348. The monoisotopic (exact) mass is 184 g/mol. The van der Waals surface area contributed by atoms with Gasteiger partial charge in [-0.1, -0.05) is 6.07 Å². The van der Waals surface area contributed by atoms with Gasteiger partial charge >= 0.3 is 0 Å². The molecule has 0 spiro atoms. The van der Waals surface area contributed by atoms with E-state index in [1.54, 1.807) is 23.2 Å². The van der Waals surface area contributed by atoms with Gasteiger partial charge in [0.2, 0.25) is 5.82 Å². The number of pyridine rings is 1. The lowest BCUT2D eigenvalue weighted by atomic mass is 10.3. The summed E-state index contributed by atoms with van der Waals surface area (Å²) in [5, 5.41) is 8.76. The van der Waals surface area contributed by atoms with Gasteiger partial charge in [0.1, 0.15) is 11.9 Å². The molecule has 0 fully saturated rings. The van der Waals surface area contributed by atoms with Gasteiger partial charge in [-0.15, -0.1) is 0 Å². The molecular formula is C10H8N4. The molecule has 0 N–H and O–H groups in total. The lowest BCUT2D eigenvalue weighted by Crippen LogP contribution is -1.98. The lowest BCUT2D eigenvalue weighted by molar-refractivity contribution is 0.963. The van der Waals surface area contributed by atoms with E-state index < -0.39 is 0 Å². The molecule has 0 aliphatic carbocycles. The van der Waals surface area contributed by atoms with Crippen LogP contribution >= 0.6 is 0 Å². The number of imidazole rings is 1. The van der Waals surface area contributed by atoms with E-state index in [0.29, 0.717) is 11.6 Å². The molecule has 4 nitrogen and oxygen atoms in total. The van der Waals surface area contributed by atoms with Crippen molar-refractivity contribution in [1.82, 2.24) is 14.5 Å². The van der Waals surface area contributed by atoms with E-state index in [-0.39, 0.29) is 0 Å². The Labute approximate surface area is 81.5 Å². The van der Waals surface area contributed by atoms with Crippen LogP contribution in [0.2, 0.25) is 0 Å². The van der Waals surface area contributed by atoms with Gasteiger partial charge in [-0.25, -0.2) is 9.97 Å². The molecule has 0 aromatic carbocycles. The van der Waals surface area contributed by atoms with Crippen molar-refractivity contribution in [2.24, 2.45) is 0 Å². The molecule has 68 valence electrons. The summed E-state index contributed by atoms with van der Waals surface area (Å²) < 4.78 is 1.65. The Kier molecular flexibility index (Phi) is 1.99. The Morgan fingerprint density at radius 1 is 1.36 bits per heavy atom. The van der Waals surface area contributed by atoms with Gasteiger partial charge in [0.05, 0.1) is 0 Å². The van der Waals surface area contributed by atoms with Crippen LogP contribution in [0.4, 0.5) is 0 Å². The molecular weight excluding hydrogens is 176 g/mol. The number of hydrogen-bond acceptors (Lipinski definition) is 3. The molecule has 4 heteroatoms. The van der Waals surface area contributed by atoms with Gasteiger partial charge in [-0.3, -0.25) is 4.57 Å². The van der Waals surface area contributed by atoms with Crippen LogP contribution in [0.1, 0.15) is 11.4 Å². The highest BCUT2D eigenvalue weighted by Crippen LogP contribution is 2.07. The van der Waals surface area contributed by atoms with Gasteiger partial charge < -0.3 is 0 Å². The van der Waals surface area contributed by atoms with Crippen LogP contribution in [0, 0.1) is 18.3 Å². The average Bonchev–Trinajstić information content (AvgIpc) is 2.67. The van der Waals surface area contributed by atoms with Crippen molar-refractivity contribution < 1.29 is 0 Å². The van der Waals surface area contributed by atoms with Crippen molar-refractivity contribution in [2.75, 3.05) is 0 Å². The number of rotatable bonds is 1. The first-order valence-corrected chi connectivity index (χ1v) is 4.18. The van der Waals surface area contributed by atoms with Crippen LogP contribution in [0.25, 0.3) is 5.82 Å². The van der Waals surface area contributed by atoms with Crippen LogP contribution in [-0.2, 0) is 0 Å². The summed E-state index contributed by atoms with van der Waals surface area (Å²) in [6.45, 7) is 1.97. The second-order valence-corrected chi connectivity index (χ2v) is 2.93. The van der Waals surface area contributed by atoms with E-state index >= 15 is 0 Å². The van der Waals surface area contributed by atoms with E-state index in [9.17, 15) is 0 Å². The molecule has 0 aliphatic heterocycles. The zero-order valence-corrected chi connectivity index (χ0v) is 7.68. The van der Waals surface area contributed by atoms with E-state index in [4.69, 9.17) is 5.26 Å². The fourth-order valence-electron chi connectivity index (χ4n) is 1.17. The van der Waals surface area contributed by atoms with Crippen LogP contribution in [-0.4, -0.2) is 14.5 Å². The summed E-state index contributed by atoms with van der Waals surface area (Å²) in [5.74, 6) is 1.06.